The van der Waals surface area contributed by atoms with Crippen LogP contribution in [-0.4, -0.2) is 76.2 Å². The Labute approximate surface area is 145 Å². The third-order valence-corrected chi connectivity index (χ3v) is 5.56. The van der Waals surface area contributed by atoms with Gasteiger partial charge in [0, 0.05) is 51.6 Å². The Kier molecular flexibility index (Phi) is 5.92. The first-order valence-corrected chi connectivity index (χ1v) is 9.26. The minimum Gasteiger partial charge on any atom is -0.387 e. The van der Waals surface area contributed by atoms with Crippen molar-refractivity contribution in [2.45, 2.75) is 50.3 Å². The Morgan fingerprint density at radius 3 is 2.96 bits per heavy atom. The summed E-state index contributed by atoms with van der Waals surface area (Å²) < 4.78 is 7.12. The van der Waals surface area contributed by atoms with Crippen molar-refractivity contribution in [3.63, 3.8) is 0 Å². The number of piperidine rings is 2. The van der Waals surface area contributed by atoms with Crippen LogP contribution in [0.5, 0.6) is 0 Å². The molecule has 0 radical (unpaired) electrons. The Bertz CT molecular complexity index is 519. The highest BCUT2D eigenvalue weighted by Crippen LogP contribution is 2.34. The molecule has 136 valence electrons. The molecule has 24 heavy (non-hydrogen) atoms. The highest BCUT2D eigenvalue weighted by Gasteiger charge is 2.44. The normalized spacial score (nSPS) is 28.2. The van der Waals surface area contributed by atoms with E-state index >= 15 is 0 Å². The lowest BCUT2D eigenvalue weighted by molar-refractivity contribution is -0.111. The predicted molar refractivity (Wildman–Crippen MR) is 93.8 cm³/mol. The van der Waals surface area contributed by atoms with Crippen molar-refractivity contribution in [2.24, 2.45) is 7.05 Å². The van der Waals surface area contributed by atoms with E-state index in [-0.39, 0.29) is 0 Å². The third-order valence-electron chi connectivity index (χ3n) is 5.56. The third kappa shape index (κ3) is 4.17. The number of aliphatic hydroxyl groups is 1. The van der Waals surface area contributed by atoms with Gasteiger partial charge in [0.1, 0.15) is 0 Å². The molecule has 0 aromatic carbocycles. The SMILES string of the molecule is COCCN(Cc1cnn(C)c1)C[C@]1(O)CCCN2CCCC[C@@H]21. The maximum absolute atomic E-state index is 11.5. The number of nitrogens with zero attached hydrogens (tertiary/aromatic N) is 4. The van der Waals surface area contributed by atoms with Crippen LogP contribution in [0.3, 0.4) is 0 Å². The highest BCUT2D eigenvalue weighted by molar-refractivity contribution is 5.05. The van der Waals surface area contributed by atoms with Gasteiger partial charge in [-0.15, -0.1) is 0 Å². The van der Waals surface area contributed by atoms with E-state index in [1.807, 2.05) is 17.9 Å². The number of fused-ring (bicyclic) bond motifs is 1. The molecule has 2 fully saturated rings. The van der Waals surface area contributed by atoms with Crippen LogP contribution >= 0.6 is 0 Å². The minimum absolute atomic E-state index is 0.318. The summed E-state index contributed by atoms with van der Waals surface area (Å²) in [5, 5.41) is 15.7. The van der Waals surface area contributed by atoms with Crippen LogP contribution < -0.4 is 0 Å². The topological polar surface area (TPSA) is 53.8 Å². The fourth-order valence-corrected chi connectivity index (χ4v) is 4.44. The van der Waals surface area contributed by atoms with Crippen molar-refractivity contribution in [2.75, 3.05) is 39.9 Å². The van der Waals surface area contributed by atoms with Gasteiger partial charge in [0.2, 0.25) is 0 Å². The molecule has 2 saturated heterocycles. The summed E-state index contributed by atoms with van der Waals surface area (Å²) in [4.78, 5) is 4.85. The molecule has 1 N–H and O–H groups in total. The van der Waals surface area contributed by atoms with Gasteiger partial charge in [0.25, 0.3) is 0 Å². The lowest BCUT2D eigenvalue weighted by Gasteiger charge is -2.51. The zero-order valence-corrected chi connectivity index (χ0v) is 15.2. The van der Waals surface area contributed by atoms with Gasteiger partial charge in [0.05, 0.1) is 18.4 Å². The average Bonchev–Trinajstić information content (AvgIpc) is 2.98. The van der Waals surface area contributed by atoms with E-state index in [4.69, 9.17) is 4.74 Å². The first-order chi connectivity index (χ1) is 11.6. The standard InChI is InChI=1S/C18H32N4O2/c1-20-13-16(12-19-20)14-21(10-11-24-2)15-18(23)7-5-9-22-8-4-3-6-17(18)22/h12-13,17,23H,3-11,14-15H2,1-2H3/t17-,18-/m1/s1. The first-order valence-electron chi connectivity index (χ1n) is 9.26. The largest absolute Gasteiger partial charge is 0.387 e. The van der Waals surface area contributed by atoms with Crippen molar-refractivity contribution in [1.82, 2.24) is 19.6 Å². The number of rotatable bonds is 7. The second-order valence-corrected chi connectivity index (χ2v) is 7.48. The molecule has 0 amide bonds. The Balaban J connectivity index is 1.69. The van der Waals surface area contributed by atoms with Crippen molar-refractivity contribution in [3.8, 4) is 0 Å². The first kappa shape index (κ1) is 17.9. The molecule has 0 unspecified atom stereocenters. The summed E-state index contributed by atoms with van der Waals surface area (Å²) in [5.41, 5.74) is 0.586. The second kappa shape index (κ2) is 7.95. The number of methoxy groups -OCH3 is 1. The Morgan fingerprint density at radius 1 is 1.38 bits per heavy atom. The number of aromatic nitrogens is 2. The zero-order chi connectivity index (χ0) is 17.0. The van der Waals surface area contributed by atoms with Crippen LogP contribution in [0.2, 0.25) is 0 Å². The van der Waals surface area contributed by atoms with Gasteiger partial charge >= 0.3 is 0 Å². The molecule has 3 heterocycles. The van der Waals surface area contributed by atoms with Gasteiger partial charge in [-0.3, -0.25) is 14.5 Å². The quantitative estimate of drug-likeness (QED) is 0.812. The smallest absolute Gasteiger partial charge is 0.0928 e. The number of hydrogen-bond donors (Lipinski definition) is 1. The number of hydrogen-bond acceptors (Lipinski definition) is 5. The monoisotopic (exact) mass is 336 g/mol. The van der Waals surface area contributed by atoms with E-state index in [2.05, 4.69) is 21.1 Å². The molecule has 0 aliphatic carbocycles. The van der Waals surface area contributed by atoms with Crippen LogP contribution in [0, 0.1) is 0 Å². The minimum atomic E-state index is -0.603. The van der Waals surface area contributed by atoms with Gasteiger partial charge < -0.3 is 9.84 Å². The van der Waals surface area contributed by atoms with Crippen LogP contribution in [0.25, 0.3) is 0 Å². The van der Waals surface area contributed by atoms with Crippen LogP contribution in [0.1, 0.15) is 37.7 Å². The molecule has 6 heteroatoms. The lowest BCUT2D eigenvalue weighted by Crippen LogP contribution is -2.62. The molecule has 0 spiro atoms. The van der Waals surface area contributed by atoms with Crippen LogP contribution in [-0.2, 0) is 18.3 Å². The fourth-order valence-electron chi connectivity index (χ4n) is 4.44. The van der Waals surface area contributed by atoms with E-state index in [1.165, 1.54) is 18.4 Å². The molecule has 0 saturated carbocycles. The molecule has 3 rings (SSSR count). The number of aryl methyl sites for hydroxylation is 1. The summed E-state index contributed by atoms with van der Waals surface area (Å²) in [6.07, 6.45) is 9.61. The summed E-state index contributed by atoms with van der Waals surface area (Å²) in [6, 6.07) is 0.318. The lowest BCUT2D eigenvalue weighted by atomic mass is 9.79. The summed E-state index contributed by atoms with van der Waals surface area (Å²) >= 11 is 0. The molecule has 6 nitrogen and oxygen atoms in total. The fraction of sp³-hybridized carbons (Fsp3) is 0.833. The molecular weight excluding hydrogens is 304 g/mol. The summed E-state index contributed by atoms with van der Waals surface area (Å²) in [6.45, 7) is 5.34. The van der Waals surface area contributed by atoms with Gasteiger partial charge in [-0.1, -0.05) is 6.42 Å². The molecule has 2 aliphatic heterocycles. The highest BCUT2D eigenvalue weighted by atomic mass is 16.5. The number of ether oxygens (including phenoxy) is 1. The van der Waals surface area contributed by atoms with Gasteiger partial charge in [0.15, 0.2) is 0 Å². The predicted octanol–water partition coefficient (Wildman–Crippen LogP) is 1.25. The van der Waals surface area contributed by atoms with E-state index in [0.717, 1.165) is 45.4 Å². The zero-order valence-electron chi connectivity index (χ0n) is 15.2. The maximum Gasteiger partial charge on any atom is 0.0928 e. The van der Waals surface area contributed by atoms with Crippen molar-refractivity contribution >= 4 is 0 Å². The molecule has 2 aliphatic rings. The van der Waals surface area contributed by atoms with Crippen molar-refractivity contribution in [3.05, 3.63) is 18.0 Å². The van der Waals surface area contributed by atoms with Crippen LogP contribution in [0.15, 0.2) is 12.4 Å². The van der Waals surface area contributed by atoms with Gasteiger partial charge in [-0.05, 0) is 38.8 Å². The van der Waals surface area contributed by atoms with Crippen molar-refractivity contribution in [1.29, 1.82) is 0 Å². The van der Waals surface area contributed by atoms with Crippen LogP contribution in [0.4, 0.5) is 0 Å². The molecule has 1 aromatic heterocycles. The summed E-state index contributed by atoms with van der Waals surface area (Å²) in [7, 11) is 3.68. The molecular formula is C18H32N4O2. The van der Waals surface area contributed by atoms with Gasteiger partial charge in [-0.25, -0.2) is 0 Å². The van der Waals surface area contributed by atoms with E-state index in [9.17, 15) is 5.11 Å². The molecule has 1 aromatic rings. The molecule has 0 bridgehead atoms. The average molecular weight is 336 g/mol. The van der Waals surface area contributed by atoms with E-state index in [1.54, 1.807) is 7.11 Å². The second-order valence-electron chi connectivity index (χ2n) is 7.48. The maximum atomic E-state index is 11.5. The Morgan fingerprint density at radius 2 is 2.21 bits per heavy atom. The van der Waals surface area contributed by atoms with Gasteiger partial charge in [-0.2, -0.15) is 5.10 Å². The van der Waals surface area contributed by atoms with Crippen molar-refractivity contribution < 1.29 is 9.84 Å². The molecule has 2 atom stereocenters. The van der Waals surface area contributed by atoms with E-state index in [0.29, 0.717) is 19.2 Å². The summed E-state index contributed by atoms with van der Waals surface area (Å²) in [5.74, 6) is 0. The Hall–Kier alpha value is -0.950. The van der Waals surface area contributed by atoms with E-state index < -0.39 is 5.60 Å².